The predicted octanol–water partition coefficient (Wildman–Crippen LogP) is 6.41. The van der Waals surface area contributed by atoms with Gasteiger partial charge in [0.25, 0.3) is 0 Å². The van der Waals surface area contributed by atoms with Gasteiger partial charge in [-0.1, -0.05) is 80.1 Å². The number of benzene rings is 3. The Balaban J connectivity index is 2.01. The van der Waals surface area contributed by atoms with E-state index in [1.54, 1.807) is 5.57 Å². The molecule has 0 nitrogen and oxygen atoms in total. The average Bonchev–Trinajstić information content (AvgIpc) is 2.99. The maximum atomic E-state index is 2.43. The van der Waals surface area contributed by atoms with E-state index in [2.05, 4.69) is 81.4 Å². The van der Waals surface area contributed by atoms with Crippen LogP contribution in [0.4, 0.5) is 0 Å². The van der Waals surface area contributed by atoms with Gasteiger partial charge in [-0.15, -0.1) is 0 Å². The molecule has 0 atom stereocenters. The summed E-state index contributed by atoms with van der Waals surface area (Å²) in [6.45, 7) is 6.81. The predicted molar refractivity (Wildman–Crippen MR) is 101 cm³/mol. The van der Waals surface area contributed by atoms with Crippen LogP contribution in [0.5, 0.6) is 0 Å². The second-order valence-electron chi connectivity index (χ2n) is 6.91. The van der Waals surface area contributed by atoms with Crippen LogP contribution in [0.15, 0.2) is 60.2 Å². The molecule has 0 aliphatic heterocycles. The Labute approximate surface area is 138 Å². The summed E-state index contributed by atoms with van der Waals surface area (Å²) in [6.07, 6.45) is 3.53. The highest BCUT2D eigenvalue weighted by Gasteiger charge is 2.19. The monoisotopic (exact) mass is 298 g/mol. The van der Waals surface area contributed by atoms with Crippen molar-refractivity contribution < 1.29 is 0 Å². The fraction of sp³-hybridized carbons (Fsp3) is 0.217. The number of hydrogen-bond donors (Lipinski definition) is 0. The quantitative estimate of drug-likeness (QED) is 0.512. The van der Waals surface area contributed by atoms with E-state index in [1.807, 2.05) is 0 Å². The molecule has 23 heavy (non-hydrogen) atoms. The van der Waals surface area contributed by atoms with Gasteiger partial charge in [0.1, 0.15) is 0 Å². The first-order valence-corrected chi connectivity index (χ1v) is 8.46. The summed E-state index contributed by atoms with van der Waals surface area (Å²) >= 11 is 0. The number of hydrogen-bond acceptors (Lipinski definition) is 0. The molecule has 0 fully saturated rings. The van der Waals surface area contributed by atoms with Crippen molar-refractivity contribution in [2.45, 2.75) is 27.2 Å². The number of fused-ring (bicyclic) bond motifs is 2. The van der Waals surface area contributed by atoms with Crippen LogP contribution in [-0.2, 0) is 6.42 Å². The summed E-state index contributed by atoms with van der Waals surface area (Å²) < 4.78 is 0. The van der Waals surface area contributed by atoms with Gasteiger partial charge in [0.05, 0.1) is 0 Å². The molecule has 1 aliphatic carbocycles. The smallest absolute Gasteiger partial charge is 0.00550 e. The molecule has 0 bridgehead atoms. The van der Waals surface area contributed by atoms with Crippen LogP contribution in [0.3, 0.4) is 0 Å². The first-order chi connectivity index (χ1) is 11.1. The lowest BCUT2D eigenvalue weighted by molar-refractivity contribution is 0.754. The lowest BCUT2D eigenvalue weighted by atomic mass is 9.90. The van der Waals surface area contributed by atoms with Crippen molar-refractivity contribution in [1.29, 1.82) is 0 Å². The number of aryl methyl sites for hydroxylation is 1. The molecule has 0 radical (unpaired) electrons. The molecule has 0 heterocycles. The van der Waals surface area contributed by atoms with Crippen LogP contribution in [0.1, 0.15) is 30.5 Å². The SMILES string of the molecule is Cc1ccc2ccccc2c1-c1cccc2c1C=C(C(C)C)C2. The molecule has 0 saturated heterocycles. The van der Waals surface area contributed by atoms with Gasteiger partial charge in [-0.3, -0.25) is 0 Å². The molecule has 3 aromatic rings. The van der Waals surface area contributed by atoms with Gasteiger partial charge >= 0.3 is 0 Å². The highest BCUT2D eigenvalue weighted by molar-refractivity contribution is 6.00. The molecule has 0 unspecified atom stereocenters. The second-order valence-corrected chi connectivity index (χ2v) is 6.91. The highest BCUT2D eigenvalue weighted by Crippen LogP contribution is 2.40. The Morgan fingerprint density at radius 1 is 0.870 bits per heavy atom. The van der Waals surface area contributed by atoms with Crippen molar-refractivity contribution in [1.82, 2.24) is 0 Å². The molecular formula is C23H22. The van der Waals surface area contributed by atoms with E-state index in [0.29, 0.717) is 5.92 Å². The minimum Gasteiger partial charge on any atom is -0.0626 e. The molecule has 0 N–H and O–H groups in total. The Morgan fingerprint density at radius 2 is 1.70 bits per heavy atom. The van der Waals surface area contributed by atoms with Gasteiger partial charge in [0.2, 0.25) is 0 Å². The van der Waals surface area contributed by atoms with Gasteiger partial charge in [0.15, 0.2) is 0 Å². The Kier molecular flexibility index (Phi) is 3.34. The number of allylic oxidation sites excluding steroid dienone is 1. The third kappa shape index (κ3) is 2.30. The molecule has 0 spiro atoms. The zero-order valence-corrected chi connectivity index (χ0v) is 14.1. The van der Waals surface area contributed by atoms with E-state index in [9.17, 15) is 0 Å². The van der Waals surface area contributed by atoms with Crippen molar-refractivity contribution in [2.75, 3.05) is 0 Å². The third-order valence-electron chi connectivity index (χ3n) is 5.07. The van der Waals surface area contributed by atoms with E-state index in [1.165, 1.54) is 38.6 Å². The van der Waals surface area contributed by atoms with E-state index in [-0.39, 0.29) is 0 Å². The minimum atomic E-state index is 0.615. The maximum absolute atomic E-state index is 2.43. The summed E-state index contributed by atoms with van der Waals surface area (Å²) in [5, 5.41) is 2.67. The fourth-order valence-electron chi connectivity index (χ4n) is 3.72. The first-order valence-electron chi connectivity index (χ1n) is 8.46. The first kappa shape index (κ1) is 14.3. The zero-order valence-electron chi connectivity index (χ0n) is 14.1. The van der Waals surface area contributed by atoms with Gasteiger partial charge < -0.3 is 0 Å². The van der Waals surface area contributed by atoms with Crippen LogP contribution >= 0.6 is 0 Å². The van der Waals surface area contributed by atoms with Crippen molar-refractivity contribution in [3.8, 4) is 11.1 Å². The molecule has 1 aliphatic rings. The van der Waals surface area contributed by atoms with Crippen molar-refractivity contribution in [3.05, 3.63) is 76.9 Å². The third-order valence-corrected chi connectivity index (χ3v) is 5.07. The Bertz CT molecular complexity index is 926. The van der Waals surface area contributed by atoms with Crippen LogP contribution in [0, 0.1) is 12.8 Å². The molecule has 0 heteroatoms. The van der Waals surface area contributed by atoms with E-state index >= 15 is 0 Å². The summed E-state index contributed by atoms with van der Waals surface area (Å²) in [5.74, 6) is 0.615. The van der Waals surface area contributed by atoms with Gasteiger partial charge in [-0.05, 0) is 57.9 Å². The maximum Gasteiger partial charge on any atom is -0.00550 e. The van der Waals surface area contributed by atoms with E-state index < -0.39 is 0 Å². The van der Waals surface area contributed by atoms with Crippen LogP contribution in [0.25, 0.3) is 28.0 Å². The zero-order chi connectivity index (χ0) is 16.0. The molecule has 114 valence electrons. The van der Waals surface area contributed by atoms with Crippen molar-refractivity contribution >= 4 is 16.8 Å². The van der Waals surface area contributed by atoms with E-state index in [4.69, 9.17) is 0 Å². The summed E-state index contributed by atoms with van der Waals surface area (Å²) in [6, 6.07) is 20.0. The molecule has 3 aromatic carbocycles. The van der Waals surface area contributed by atoms with E-state index in [0.717, 1.165) is 6.42 Å². The van der Waals surface area contributed by atoms with Crippen LogP contribution in [0.2, 0.25) is 0 Å². The van der Waals surface area contributed by atoms with Gasteiger partial charge in [0, 0.05) is 0 Å². The largest absolute Gasteiger partial charge is 0.0626 e. The van der Waals surface area contributed by atoms with Gasteiger partial charge in [-0.25, -0.2) is 0 Å². The summed E-state index contributed by atoms with van der Waals surface area (Å²) in [5.41, 5.74) is 8.57. The molecule has 0 saturated carbocycles. The highest BCUT2D eigenvalue weighted by atomic mass is 14.2. The topological polar surface area (TPSA) is 0 Å². The van der Waals surface area contributed by atoms with Crippen molar-refractivity contribution in [3.63, 3.8) is 0 Å². The minimum absolute atomic E-state index is 0.615. The second kappa shape index (κ2) is 5.38. The lowest BCUT2D eigenvalue weighted by Crippen LogP contribution is -1.93. The normalized spacial score (nSPS) is 13.5. The van der Waals surface area contributed by atoms with Crippen LogP contribution < -0.4 is 0 Å². The Hall–Kier alpha value is -2.34. The average molecular weight is 298 g/mol. The van der Waals surface area contributed by atoms with Crippen molar-refractivity contribution in [2.24, 2.45) is 5.92 Å². The molecule has 4 rings (SSSR count). The molecule has 0 amide bonds. The summed E-state index contributed by atoms with van der Waals surface area (Å²) in [7, 11) is 0. The Morgan fingerprint density at radius 3 is 2.52 bits per heavy atom. The standard InChI is InChI=1S/C23H22/c1-15(2)19-13-18-8-6-10-21(22(18)14-19)23-16(3)11-12-17-7-4-5-9-20(17)23/h4-12,14-15H,13H2,1-3H3. The molecule has 0 aromatic heterocycles. The fourth-order valence-corrected chi connectivity index (χ4v) is 3.72. The van der Waals surface area contributed by atoms with Crippen LogP contribution in [-0.4, -0.2) is 0 Å². The summed E-state index contributed by atoms with van der Waals surface area (Å²) in [4.78, 5) is 0. The number of rotatable bonds is 2. The molecular weight excluding hydrogens is 276 g/mol. The lowest BCUT2D eigenvalue weighted by Gasteiger charge is -2.14. The van der Waals surface area contributed by atoms with Gasteiger partial charge in [-0.2, -0.15) is 0 Å².